The number of carbonyl (C=O) groups is 1. The fourth-order valence-electron chi connectivity index (χ4n) is 1.65. The Morgan fingerprint density at radius 3 is 2.52 bits per heavy atom. The monoisotopic (exact) mass is 309 g/mol. The number of nitrogens with one attached hydrogen (secondary N) is 1. The third-order valence-electron chi connectivity index (χ3n) is 2.71. The van der Waals surface area contributed by atoms with Crippen molar-refractivity contribution in [3.05, 3.63) is 42.2 Å². The molecule has 0 unspecified atom stereocenters. The Morgan fingerprint density at radius 1 is 1.24 bits per heavy atom. The number of nitrogens with zero attached hydrogens (tertiary/aromatic N) is 1. The minimum absolute atomic E-state index is 0.130. The largest absolute Gasteiger partial charge is 0.438 e. The maximum Gasteiger partial charge on any atom is 0.291 e. The summed E-state index contributed by atoms with van der Waals surface area (Å²) in [5, 5.41) is 7.09. The molecule has 8 heteroatoms. The summed E-state index contributed by atoms with van der Waals surface area (Å²) in [7, 11) is -0.198. The van der Waals surface area contributed by atoms with E-state index in [2.05, 4.69) is 5.32 Å². The van der Waals surface area contributed by atoms with Crippen molar-refractivity contribution in [2.75, 3.05) is 24.3 Å². The average Bonchev–Trinajstić information content (AvgIpc) is 2.88. The van der Waals surface area contributed by atoms with E-state index in [0.29, 0.717) is 5.69 Å². The van der Waals surface area contributed by atoms with Gasteiger partial charge in [-0.3, -0.25) is 4.79 Å². The number of sulfonamides is 1. The molecule has 0 radical (unpaired) electrons. The van der Waals surface area contributed by atoms with Gasteiger partial charge in [0.1, 0.15) is 0 Å². The first-order valence-corrected chi connectivity index (χ1v) is 7.53. The molecule has 0 spiro atoms. The van der Waals surface area contributed by atoms with Gasteiger partial charge in [-0.05, 0) is 30.3 Å². The second-order valence-electron chi connectivity index (χ2n) is 4.56. The van der Waals surface area contributed by atoms with Crippen LogP contribution in [0.1, 0.15) is 10.6 Å². The zero-order valence-corrected chi connectivity index (χ0v) is 12.3. The van der Waals surface area contributed by atoms with E-state index >= 15 is 0 Å². The minimum atomic E-state index is -3.96. The molecule has 1 aromatic carbocycles. The molecule has 0 bridgehead atoms. The van der Waals surface area contributed by atoms with Gasteiger partial charge < -0.3 is 14.6 Å². The molecule has 0 aliphatic carbocycles. The van der Waals surface area contributed by atoms with E-state index in [-0.39, 0.29) is 5.76 Å². The van der Waals surface area contributed by atoms with Crippen LogP contribution in [0.15, 0.2) is 45.9 Å². The maximum absolute atomic E-state index is 12.0. The molecule has 0 saturated carbocycles. The van der Waals surface area contributed by atoms with Crippen LogP contribution in [-0.2, 0) is 10.0 Å². The van der Waals surface area contributed by atoms with Crippen LogP contribution < -0.4 is 15.4 Å². The smallest absolute Gasteiger partial charge is 0.291 e. The lowest BCUT2D eigenvalue weighted by Crippen LogP contribution is -2.13. The third-order valence-corrected chi connectivity index (χ3v) is 3.49. The molecule has 7 nitrogen and oxygen atoms in total. The number of nitrogens with two attached hydrogens (primary N) is 1. The van der Waals surface area contributed by atoms with Crippen molar-refractivity contribution < 1.29 is 17.6 Å². The summed E-state index contributed by atoms with van der Waals surface area (Å²) in [6, 6.07) is 9.58. The summed E-state index contributed by atoms with van der Waals surface area (Å²) >= 11 is 0. The van der Waals surface area contributed by atoms with Crippen molar-refractivity contribution in [3.63, 3.8) is 0 Å². The van der Waals surface area contributed by atoms with Crippen LogP contribution in [0.25, 0.3) is 0 Å². The highest BCUT2D eigenvalue weighted by atomic mass is 32.2. The maximum atomic E-state index is 12.0. The molecule has 0 aliphatic rings. The molecule has 2 rings (SSSR count). The van der Waals surface area contributed by atoms with Crippen molar-refractivity contribution >= 4 is 27.3 Å². The summed E-state index contributed by atoms with van der Waals surface area (Å²) in [6.45, 7) is 0. The second kappa shape index (κ2) is 5.58. The highest BCUT2D eigenvalue weighted by Gasteiger charge is 2.17. The van der Waals surface area contributed by atoms with Crippen LogP contribution in [0.3, 0.4) is 0 Å². The number of carbonyl (C=O) groups excluding carboxylic acids is 1. The van der Waals surface area contributed by atoms with Gasteiger partial charge in [-0.15, -0.1) is 0 Å². The van der Waals surface area contributed by atoms with Gasteiger partial charge in [-0.2, -0.15) is 0 Å². The van der Waals surface area contributed by atoms with Gasteiger partial charge >= 0.3 is 0 Å². The predicted molar refractivity (Wildman–Crippen MR) is 78.8 cm³/mol. The van der Waals surface area contributed by atoms with Crippen LogP contribution >= 0.6 is 0 Å². The Bertz CT molecular complexity index is 765. The first-order chi connectivity index (χ1) is 9.77. The molecule has 1 amide bonds. The van der Waals surface area contributed by atoms with Gasteiger partial charge in [0.2, 0.25) is 5.09 Å². The van der Waals surface area contributed by atoms with Gasteiger partial charge in [0, 0.05) is 25.5 Å². The lowest BCUT2D eigenvalue weighted by molar-refractivity contribution is 0.0991. The molecule has 3 N–H and O–H groups in total. The van der Waals surface area contributed by atoms with Gasteiger partial charge in [0.05, 0.1) is 0 Å². The van der Waals surface area contributed by atoms with Gasteiger partial charge in [0.25, 0.3) is 15.9 Å². The fraction of sp³-hybridized carbons (Fsp3) is 0.154. The Kier molecular flexibility index (Phi) is 4.01. The Labute approximate surface area is 122 Å². The lowest BCUT2D eigenvalue weighted by Gasteiger charge is -2.13. The molecule has 21 heavy (non-hydrogen) atoms. The predicted octanol–water partition coefficient (Wildman–Crippen LogP) is 1.25. The molecular formula is C13H15N3O4S. The van der Waals surface area contributed by atoms with Crippen LogP contribution in [0, 0.1) is 0 Å². The summed E-state index contributed by atoms with van der Waals surface area (Å²) in [4.78, 5) is 13.9. The number of rotatable bonds is 4. The highest BCUT2D eigenvalue weighted by molar-refractivity contribution is 7.89. The number of amides is 1. The van der Waals surface area contributed by atoms with Gasteiger partial charge in [-0.25, -0.2) is 13.6 Å². The van der Waals surface area contributed by atoms with E-state index in [4.69, 9.17) is 9.56 Å². The first kappa shape index (κ1) is 15.1. The van der Waals surface area contributed by atoms with E-state index in [1.807, 2.05) is 25.1 Å². The van der Waals surface area contributed by atoms with E-state index in [1.54, 1.807) is 18.2 Å². The summed E-state index contributed by atoms with van der Waals surface area (Å²) in [6.07, 6.45) is 0. The number of furan rings is 1. The fourth-order valence-corrected chi connectivity index (χ4v) is 2.11. The number of anilines is 2. The number of benzene rings is 1. The second-order valence-corrected chi connectivity index (χ2v) is 6.05. The Balaban J connectivity index is 2.18. The van der Waals surface area contributed by atoms with Gasteiger partial charge in [-0.1, -0.05) is 6.07 Å². The summed E-state index contributed by atoms with van der Waals surface area (Å²) in [5.74, 6) is -0.685. The molecule has 1 aromatic heterocycles. The van der Waals surface area contributed by atoms with E-state index in [1.165, 1.54) is 6.07 Å². The van der Waals surface area contributed by atoms with Crippen LogP contribution in [0.2, 0.25) is 0 Å². The average molecular weight is 309 g/mol. The number of hydrogen-bond donors (Lipinski definition) is 2. The molecule has 0 fully saturated rings. The van der Waals surface area contributed by atoms with E-state index in [0.717, 1.165) is 11.8 Å². The molecule has 112 valence electrons. The molecule has 1 heterocycles. The van der Waals surface area contributed by atoms with Crippen LogP contribution in [-0.4, -0.2) is 28.4 Å². The van der Waals surface area contributed by atoms with Gasteiger partial charge in [0.15, 0.2) is 5.76 Å². The minimum Gasteiger partial charge on any atom is -0.438 e. The van der Waals surface area contributed by atoms with E-state index in [9.17, 15) is 13.2 Å². The third kappa shape index (κ3) is 3.61. The van der Waals surface area contributed by atoms with Crippen molar-refractivity contribution in [1.82, 2.24) is 0 Å². The molecular weight excluding hydrogens is 294 g/mol. The zero-order chi connectivity index (χ0) is 15.6. The topological polar surface area (TPSA) is 106 Å². The standard InChI is InChI=1S/C13H15N3O4S/c1-16(2)10-5-3-4-9(8-10)15-13(17)11-6-7-12(20-11)21(14,18)19/h3-8H,1-2H3,(H,15,17)(H2,14,18,19). The number of hydrogen-bond acceptors (Lipinski definition) is 5. The van der Waals surface area contributed by atoms with Crippen LogP contribution in [0.5, 0.6) is 0 Å². The summed E-state index contributed by atoms with van der Waals surface area (Å²) in [5.41, 5.74) is 1.48. The molecule has 0 aliphatic heterocycles. The highest BCUT2D eigenvalue weighted by Crippen LogP contribution is 2.19. The van der Waals surface area contributed by atoms with Crippen molar-refractivity contribution in [2.24, 2.45) is 5.14 Å². The van der Waals surface area contributed by atoms with Crippen LogP contribution in [0.4, 0.5) is 11.4 Å². The lowest BCUT2D eigenvalue weighted by atomic mass is 10.2. The molecule has 2 aromatic rings. The Morgan fingerprint density at radius 2 is 1.95 bits per heavy atom. The normalized spacial score (nSPS) is 11.2. The van der Waals surface area contributed by atoms with E-state index < -0.39 is 21.0 Å². The SMILES string of the molecule is CN(C)c1cccc(NC(=O)c2ccc(S(N)(=O)=O)o2)c1. The first-order valence-electron chi connectivity index (χ1n) is 5.99. The zero-order valence-electron chi connectivity index (χ0n) is 11.5. The van der Waals surface area contributed by atoms with Crippen molar-refractivity contribution in [1.29, 1.82) is 0 Å². The number of primary sulfonamides is 1. The van der Waals surface area contributed by atoms with Crippen molar-refractivity contribution in [2.45, 2.75) is 5.09 Å². The Hall–Kier alpha value is -2.32. The summed E-state index contributed by atoms with van der Waals surface area (Å²) < 4.78 is 27.1. The quantitative estimate of drug-likeness (QED) is 0.884. The molecule has 0 atom stereocenters. The molecule has 0 saturated heterocycles. The van der Waals surface area contributed by atoms with Crippen molar-refractivity contribution in [3.8, 4) is 0 Å².